The molecule has 5 heteroatoms. The zero-order valence-corrected chi connectivity index (χ0v) is 11.3. The minimum absolute atomic E-state index is 0.0538. The van der Waals surface area contributed by atoms with Crippen molar-refractivity contribution in [2.45, 2.75) is 18.9 Å². The summed E-state index contributed by atoms with van der Waals surface area (Å²) >= 11 is 0. The molecule has 1 aliphatic carbocycles. The predicted octanol–water partition coefficient (Wildman–Crippen LogP) is 1.04. The highest BCUT2D eigenvalue weighted by Gasteiger charge is 2.32. The van der Waals surface area contributed by atoms with Crippen molar-refractivity contribution in [3.63, 3.8) is 0 Å². The van der Waals surface area contributed by atoms with E-state index in [9.17, 15) is 4.79 Å². The van der Waals surface area contributed by atoms with E-state index in [0.717, 1.165) is 37.9 Å². The highest BCUT2D eigenvalue weighted by Crippen LogP contribution is 2.27. The van der Waals surface area contributed by atoms with Crippen molar-refractivity contribution in [2.24, 2.45) is 0 Å². The third-order valence-electron chi connectivity index (χ3n) is 3.94. The first-order chi connectivity index (χ1) is 9.28. The van der Waals surface area contributed by atoms with Crippen molar-refractivity contribution >= 4 is 11.6 Å². The number of pyridine rings is 1. The van der Waals surface area contributed by atoms with Gasteiger partial charge in [-0.05, 0) is 25.0 Å². The van der Waals surface area contributed by atoms with E-state index in [0.29, 0.717) is 5.69 Å². The number of anilines is 1. The fourth-order valence-electron chi connectivity index (χ4n) is 2.56. The molecule has 2 heterocycles. The van der Waals surface area contributed by atoms with E-state index in [4.69, 9.17) is 0 Å². The van der Waals surface area contributed by atoms with Crippen LogP contribution in [0, 0.1) is 0 Å². The standard InChI is InChI=1S/C14H20N4O/c1-15-11-2-5-13(16-10-11)14(19)18-8-6-17(7-9-18)12-3-4-12/h2,5,10,12,15H,3-4,6-9H2,1H3. The van der Waals surface area contributed by atoms with E-state index in [1.807, 2.05) is 18.0 Å². The maximum Gasteiger partial charge on any atom is 0.272 e. The molecular formula is C14H20N4O. The summed E-state index contributed by atoms with van der Waals surface area (Å²) in [6, 6.07) is 4.48. The normalized spacial score (nSPS) is 20.4. The number of piperazine rings is 1. The number of carbonyl (C=O) groups excluding carboxylic acids is 1. The molecule has 0 radical (unpaired) electrons. The molecule has 2 fully saturated rings. The molecule has 1 saturated heterocycles. The largest absolute Gasteiger partial charge is 0.387 e. The minimum Gasteiger partial charge on any atom is -0.387 e. The van der Waals surface area contributed by atoms with Crippen molar-refractivity contribution < 1.29 is 4.79 Å². The Morgan fingerprint density at radius 1 is 1.26 bits per heavy atom. The Labute approximate surface area is 113 Å². The third-order valence-corrected chi connectivity index (χ3v) is 3.94. The average molecular weight is 260 g/mol. The van der Waals surface area contributed by atoms with Gasteiger partial charge in [-0.25, -0.2) is 4.98 Å². The predicted molar refractivity (Wildman–Crippen MR) is 74.3 cm³/mol. The van der Waals surface area contributed by atoms with Gasteiger partial charge in [0.05, 0.1) is 11.9 Å². The Kier molecular flexibility index (Phi) is 3.38. The molecule has 0 atom stereocenters. The number of hydrogen-bond acceptors (Lipinski definition) is 4. The van der Waals surface area contributed by atoms with Crippen molar-refractivity contribution in [1.82, 2.24) is 14.8 Å². The van der Waals surface area contributed by atoms with Crippen LogP contribution in [0.4, 0.5) is 5.69 Å². The molecule has 1 saturated carbocycles. The summed E-state index contributed by atoms with van der Waals surface area (Å²) in [6.45, 7) is 3.66. The summed E-state index contributed by atoms with van der Waals surface area (Å²) in [5, 5.41) is 3.00. The van der Waals surface area contributed by atoms with E-state index >= 15 is 0 Å². The molecule has 1 aromatic heterocycles. The van der Waals surface area contributed by atoms with E-state index in [1.165, 1.54) is 12.8 Å². The zero-order chi connectivity index (χ0) is 13.2. The van der Waals surface area contributed by atoms with Gasteiger partial charge in [-0.1, -0.05) is 0 Å². The lowest BCUT2D eigenvalue weighted by atomic mass is 10.2. The molecule has 1 aromatic rings. The number of amides is 1. The summed E-state index contributed by atoms with van der Waals surface area (Å²) in [6.07, 6.45) is 4.37. The number of nitrogens with one attached hydrogen (secondary N) is 1. The van der Waals surface area contributed by atoms with E-state index in [2.05, 4.69) is 15.2 Å². The van der Waals surface area contributed by atoms with Gasteiger partial charge in [-0.2, -0.15) is 0 Å². The quantitative estimate of drug-likeness (QED) is 0.882. The molecule has 19 heavy (non-hydrogen) atoms. The Morgan fingerprint density at radius 3 is 2.53 bits per heavy atom. The first-order valence-corrected chi connectivity index (χ1v) is 6.95. The van der Waals surface area contributed by atoms with Gasteiger partial charge in [0.15, 0.2) is 0 Å². The third kappa shape index (κ3) is 2.71. The maximum atomic E-state index is 12.3. The van der Waals surface area contributed by atoms with Crippen LogP contribution in [-0.4, -0.2) is 60.0 Å². The van der Waals surface area contributed by atoms with E-state index < -0.39 is 0 Å². The van der Waals surface area contributed by atoms with Crippen molar-refractivity contribution in [1.29, 1.82) is 0 Å². The average Bonchev–Trinajstić information content (AvgIpc) is 3.31. The molecule has 0 bridgehead atoms. The Balaban J connectivity index is 1.60. The van der Waals surface area contributed by atoms with Gasteiger partial charge in [-0.15, -0.1) is 0 Å². The summed E-state index contributed by atoms with van der Waals surface area (Å²) in [4.78, 5) is 21.0. The molecule has 0 spiro atoms. The lowest BCUT2D eigenvalue weighted by Crippen LogP contribution is -2.49. The van der Waals surface area contributed by atoms with Gasteiger partial charge < -0.3 is 10.2 Å². The van der Waals surface area contributed by atoms with Crippen molar-refractivity contribution in [3.05, 3.63) is 24.0 Å². The number of hydrogen-bond donors (Lipinski definition) is 1. The second-order valence-corrected chi connectivity index (χ2v) is 5.24. The van der Waals surface area contributed by atoms with Crippen LogP contribution in [0.25, 0.3) is 0 Å². The summed E-state index contributed by atoms with van der Waals surface area (Å²) in [5.41, 5.74) is 1.47. The molecule has 3 rings (SSSR count). The highest BCUT2D eigenvalue weighted by atomic mass is 16.2. The summed E-state index contributed by atoms with van der Waals surface area (Å²) in [5.74, 6) is 0.0538. The number of rotatable bonds is 3. The molecule has 0 aromatic carbocycles. The molecule has 2 aliphatic rings. The maximum absolute atomic E-state index is 12.3. The molecular weight excluding hydrogens is 240 g/mol. The van der Waals surface area contributed by atoms with Crippen LogP contribution in [0.1, 0.15) is 23.3 Å². The first kappa shape index (κ1) is 12.4. The van der Waals surface area contributed by atoms with Gasteiger partial charge in [0.2, 0.25) is 0 Å². The second kappa shape index (κ2) is 5.17. The molecule has 102 valence electrons. The molecule has 1 N–H and O–H groups in total. The molecule has 0 unspecified atom stereocenters. The number of carbonyl (C=O) groups is 1. The Morgan fingerprint density at radius 2 is 2.00 bits per heavy atom. The van der Waals surface area contributed by atoms with Gasteiger partial charge >= 0.3 is 0 Å². The van der Waals surface area contributed by atoms with Gasteiger partial charge in [-0.3, -0.25) is 9.69 Å². The van der Waals surface area contributed by atoms with E-state index in [-0.39, 0.29) is 5.91 Å². The van der Waals surface area contributed by atoms with Crippen molar-refractivity contribution in [2.75, 3.05) is 38.5 Å². The van der Waals surface area contributed by atoms with E-state index in [1.54, 1.807) is 12.3 Å². The highest BCUT2D eigenvalue weighted by molar-refractivity contribution is 5.92. The summed E-state index contributed by atoms with van der Waals surface area (Å²) < 4.78 is 0. The summed E-state index contributed by atoms with van der Waals surface area (Å²) in [7, 11) is 1.84. The second-order valence-electron chi connectivity index (χ2n) is 5.24. The minimum atomic E-state index is 0.0538. The SMILES string of the molecule is CNc1ccc(C(=O)N2CCN(C3CC3)CC2)nc1. The lowest BCUT2D eigenvalue weighted by Gasteiger charge is -2.34. The molecule has 1 amide bonds. The van der Waals surface area contributed by atoms with Crippen LogP contribution in [-0.2, 0) is 0 Å². The first-order valence-electron chi connectivity index (χ1n) is 6.95. The zero-order valence-electron chi connectivity index (χ0n) is 11.3. The fraction of sp³-hybridized carbons (Fsp3) is 0.571. The lowest BCUT2D eigenvalue weighted by molar-refractivity contribution is 0.0621. The fourth-order valence-corrected chi connectivity index (χ4v) is 2.56. The van der Waals surface area contributed by atoms with Crippen LogP contribution in [0.2, 0.25) is 0 Å². The Bertz CT molecular complexity index is 447. The number of nitrogens with zero attached hydrogens (tertiary/aromatic N) is 3. The molecule has 1 aliphatic heterocycles. The monoisotopic (exact) mass is 260 g/mol. The van der Waals surface area contributed by atoms with Crippen LogP contribution in [0.3, 0.4) is 0 Å². The van der Waals surface area contributed by atoms with Crippen LogP contribution >= 0.6 is 0 Å². The smallest absolute Gasteiger partial charge is 0.272 e. The van der Waals surface area contributed by atoms with Crippen LogP contribution in [0.5, 0.6) is 0 Å². The topological polar surface area (TPSA) is 48.5 Å². The number of aromatic nitrogens is 1. The van der Waals surface area contributed by atoms with Gasteiger partial charge in [0, 0.05) is 39.3 Å². The van der Waals surface area contributed by atoms with Gasteiger partial charge in [0.1, 0.15) is 5.69 Å². The Hall–Kier alpha value is -1.62. The van der Waals surface area contributed by atoms with Crippen LogP contribution < -0.4 is 5.32 Å². The van der Waals surface area contributed by atoms with Gasteiger partial charge in [0.25, 0.3) is 5.91 Å². The van der Waals surface area contributed by atoms with Crippen LogP contribution in [0.15, 0.2) is 18.3 Å². The van der Waals surface area contributed by atoms with Crippen molar-refractivity contribution in [3.8, 4) is 0 Å². The molecule has 5 nitrogen and oxygen atoms in total.